The van der Waals surface area contributed by atoms with E-state index < -0.39 is 26.0 Å². The van der Waals surface area contributed by atoms with E-state index >= 15 is 0 Å². The number of methoxy groups -OCH3 is 2. The first-order chi connectivity index (χ1) is 15.7. The van der Waals surface area contributed by atoms with Crippen molar-refractivity contribution in [2.45, 2.75) is 4.90 Å². The van der Waals surface area contributed by atoms with Crippen LogP contribution in [0.1, 0.15) is 0 Å². The average Bonchev–Trinajstić information content (AvgIpc) is 2.82. The zero-order valence-corrected chi connectivity index (χ0v) is 19.8. The van der Waals surface area contributed by atoms with Crippen molar-refractivity contribution in [2.24, 2.45) is 4.40 Å². The fourth-order valence-electron chi connectivity index (χ4n) is 3.81. The largest absolute Gasteiger partial charge is 0.497 e. The van der Waals surface area contributed by atoms with Gasteiger partial charge in [-0.2, -0.15) is 4.31 Å². The highest BCUT2D eigenvalue weighted by Gasteiger charge is 2.36. The van der Waals surface area contributed by atoms with Crippen LogP contribution in [0.2, 0.25) is 0 Å². The molecule has 178 valence electrons. The Morgan fingerprint density at radius 1 is 1.06 bits per heavy atom. The van der Waals surface area contributed by atoms with Crippen LogP contribution in [-0.2, 0) is 24.8 Å². The van der Waals surface area contributed by atoms with Crippen molar-refractivity contribution in [3.05, 3.63) is 42.1 Å². The van der Waals surface area contributed by atoms with Crippen LogP contribution in [0.4, 0.5) is 0 Å². The molecule has 11 nitrogen and oxygen atoms in total. The third kappa shape index (κ3) is 4.48. The predicted octanol–water partition coefficient (Wildman–Crippen LogP) is 0.0343. The Labute approximate surface area is 192 Å². The number of amidine groups is 1. The van der Waals surface area contributed by atoms with Crippen LogP contribution in [0.3, 0.4) is 0 Å². The van der Waals surface area contributed by atoms with E-state index in [1.165, 1.54) is 41.6 Å². The molecule has 0 N–H and O–H groups in total. The minimum Gasteiger partial charge on any atom is -0.497 e. The number of fused-ring (bicyclic) bond motifs is 1. The number of carbonyl (C=O) groups excluding carboxylic acids is 1. The summed E-state index contributed by atoms with van der Waals surface area (Å²) in [5.74, 6) is 0.173. The second-order valence-electron chi connectivity index (χ2n) is 7.53. The van der Waals surface area contributed by atoms with Gasteiger partial charge in [-0.3, -0.25) is 4.79 Å². The van der Waals surface area contributed by atoms with Gasteiger partial charge in [0.1, 0.15) is 16.4 Å². The Balaban J connectivity index is 1.51. The summed E-state index contributed by atoms with van der Waals surface area (Å²) in [7, 11) is -4.69. The highest BCUT2D eigenvalue weighted by molar-refractivity contribution is 7.90. The van der Waals surface area contributed by atoms with Gasteiger partial charge >= 0.3 is 0 Å². The maximum Gasteiger partial charge on any atom is 0.257 e. The van der Waals surface area contributed by atoms with Gasteiger partial charge in [0.25, 0.3) is 15.9 Å². The summed E-state index contributed by atoms with van der Waals surface area (Å²) in [5, 5.41) is 0. The lowest BCUT2D eigenvalue weighted by Gasteiger charge is -2.36. The number of allylic oxidation sites excluding steroid dienone is 2. The lowest BCUT2D eigenvalue weighted by molar-refractivity contribution is -0.127. The molecule has 0 unspecified atom stereocenters. The Hall–Kier alpha value is -2.90. The molecule has 0 aliphatic carbocycles. The van der Waals surface area contributed by atoms with E-state index in [2.05, 4.69) is 4.40 Å². The summed E-state index contributed by atoms with van der Waals surface area (Å²) < 4.78 is 65.8. The molecule has 0 aromatic heterocycles. The van der Waals surface area contributed by atoms with E-state index in [4.69, 9.17) is 9.47 Å². The molecule has 4 rings (SSSR count). The number of benzene rings is 1. The van der Waals surface area contributed by atoms with Gasteiger partial charge in [-0.25, -0.2) is 16.8 Å². The van der Waals surface area contributed by atoms with E-state index in [9.17, 15) is 21.6 Å². The van der Waals surface area contributed by atoms with Gasteiger partial charge in [0.15, 0.2) is 5.84 Å². The number of nitrogens with zero attached hydrogens (tertiary/aromatic N) is 4. The molecule has 3 aliphatic rings. The quantitative estimate of drug-likeness (QED) is 0.559. The first-order valence-electron chi connectivity index (χ1n) is 10.2. The Kier molecular flexibility index (Phi) is 6.20. The molecule has 0 atom stereocenters. The van der Waals surface area contributed by atoms with Crippen molar-refractivity contribution in [1.29, 1.82) is 0 Å². The summed E-state index contributed by atoms with van der Waals surface area (Å²) in [6.45, 7) is 0.658. The standard InChI is InChI=1S/C20H24N4O7S2/c1-30-15-5-6-17(31-2)18(14-15)33(28,29)24-10-8-23(9-11-24)20(25)16-4-3-7-22-12-13-32(26,27)21-19(16)22/h3-7,14H,8-13H2,1-2H3. The van der Waals surface area contributed by atoms with E-state index in [0.29, 0.717) is 5.75 Å². The molecule has 0 bridgehead atoms. The summed E-state index contributed by atoms with van der Waals surface area (Å²) in [4.78, 5) is 16.3. The Morgan fingerprint density at radius 3 is 2.45 bits per heavy atom. The molecule has 13 heteroatoms. The van der Waals surface area contributed by atoms with Crippen LogP contribution >= 0.6 is 0 Å². The molecule has 1 fully saturated rings. The van der Waals surface area contributed by atoms with Crippen molar-refractivity contribution < 1.29 is 31.1 Å². The van der Waals surface area contributed by atoms with Crippen LogP contribution in [0.25, 0.3) is 0 Å². The normalized spacial score (nSPS) is 20.5. The summed E-state index contributed by atoms with van der Waals surface area (Å²) in [6.07, 6.45) is 4.87. The predicted molar refractivity (Wildman–Crippen MR) is 120 cm³/mol. The number of sulfonamides is 2. The minimum absolute atomic E-state index is 0.0123. The highest BCUT2D eigenvalue weighted by Crippen LogP contribution is 2.31. The number of carbonyl (C=O) groups is 1. The second-order valence-corrected chi connectivity index (χ2v) is 11.2. The molecule has 0 radical (unpaired) electrons. The van der Waals surface area contributed by atoms with Crippen LogP contribution in [0, 0.1) is 0 Å². The Bertz CT molecular complexity index is 1260. The maximum absolute atomic E-state index is 13.2. The molecule has 0 saturated carbocycles. The van der Waals surface area contributed by atoms with Crippen molar-refractivity contribution in [1.82, 2.24) is 14.1 Å². The molecular weight excluding hydrogens is 472 g/mol. The molecule has 1 saturated heterocycles. The van der Waals surface area contributed by atoms with E-state index in [1.54, 1.807) is 23.2 Å². The second kappa shape index (κ2) is 8.80. The number of amides is 1. The lowest BCUT2D eigenvalue weighted by atomic mass is 10.1. The summed E-state index contributed by atoms with van der Waals surface area (Å²) in [6, 6.07) is 4.54. The highest BCUT2D eigenvalue weighted by atomic mass is 32.2. The van der Waals surface area contributed by atoms with Crippen LogP contribution in [-0.4, -0.2) is 95.4 Å². The Morgan fingerprint density at radius 2 is 1.79 bits per heavy atom. The minimum atomic E-state index is -3.89. The number of hydrogen-bond donors (Lipinski definition) is 0. The molecule has 33 heavy (non-hydrogen) atoms. The summed E-state index contributed by atoms with van der Waals surface area (Å²) >= 11 is 0. The van der Waals surface area contributed by atoms with Gasteiger partial charge in [0, 0.05) is 45.0 Å². The van der Waals surface area contributed by atoms with Crippen LogP contribution in [0.5, 0.6) is 11.5 Å². The number of hydrogen-bond acceptors (Lipinski definition) is 8. The van der Waals surface area contributed by atoms with Gasteiger partial charge in [-0.15, -0.1) is 4.40 Å². The first kappa shape index (κ1) is 23.3. The average molecular weight is 497 g/mol. The van der Waals surface area contributed by atoms with Crippen molar-refractivity contribution in [3.63, 3.8) is 0 Å². The van der Waals surface area contributed by atoms with E-state index in [1.807, 2.05) is 0 Å². The molecule has 1 amide bonds. The molecule has 0 spiro atoms. The summed E-state index contributed by atoms with van der Waals surface area (Å²) in [5.41, 5.74) is 0.173. The maximum atomic E-state index is 13.2. The number of ether oxygens (including phenoxy) is 2. The van der Waals surface area contributed by atoms with Gasteiger partial charge in [0.05, 0.1) is 25.5 Å². The molecule has 3 aliphatic heterocycles. The first-order valence-corrected chi connectivity index (χ1v) is 13.2. The third-order valence-corrected chi connectivity index (χ3v) is 8.67. The smallest absolute Gasteiger partial charge is 0.257 e. The van der Waals surface area contributed by atoms with Crippen molar-refractivity contribution in [2.75, 3.05) is 52.7 Å². The van der Waals surface area contributed by atoms with Crippen LogP contribution in [0.15, 0.2) is 51.4 Å². The van der Waals surface area contributed by atoms with Crippen molar-refractivity contribution in [3.8, 4) is 11.5 Å². The third-order valence-electron chi connectivity index (χ3n) is 5.60. The topological polar surface area (TPSA) is 126 Å². The van der Waals surface area contributed by atoms with Crippen LogP contribution < -0.4 is 9.47 Å². The van der Waals surface area contributed by atoms with Gasteiger partial charge in [-0.05, 0) is 24.3 Å². The number of rotatable bonds is 5. The molecule has 1 aromatic rings. The molecular formula is C20H24N4O7S2. The van der Waals surface area contributed by atoms with E-state index in [-0.39, 0.29) is 60.5 Å². The monoisotopic (exact) mass is 496 g/mol. The van der Waals surface area contributed by atoms with Crippen molar-refractivity contribution >= 4 is 31.8 Å². The zero-order chi connectivity index (χ0) is 23.8. The number of piperazine rings is 1. The van der Waals surface area contributed by atoms with Gasteiger partial charge in [0.2, 0.25) is 10.0 Å². The van der Waals surface area contributed by atoms with Gasteiger partial charge < -0.3 is 19.3 Å². The zero-order valence-electron chi connectivity index (χ0n) is 18.2. The van der Waals surface area contributed by atoms with Gasteiger partial charge in [-0.1, -0.05) is 0 Å². The molecule has 3 heterocycles. The molecule has 1 aromatic carbocycles. The SMILES string of the molecule is COc1ccc(OC)c(S(=O)(=O)N2CCN(C(=O)C3=CC=CN4CCS(=O)(=O)N=C34)CC2)c1. The van der Waals surface area contributed by atoms with E-state index in [0.717, 1.165) is 0 Å². The fourth-order valence-corrected chi connectivity index (χ4v) is 6.39. The fraction of sp³-hybridized carbons (Fsp3) is 0.400. The lowest BCUT2D eigenvalue weighted by Crippen LogP contribution is -2.52.